The number of anilines is 1. The third kappa shape index (κ3) is 7.04. The number of benzene rings is 2. The van der Waals surface area contributed by atoms with Gasteiger partial charge in [0.2, 0.25) is 0 Å². The fourth-order valence-electron chi connectivity index (χ4n) is 3.02. The Bertz CT molecular complexity index is 747. The number of hydrogen-bond acceptors (Lipinski definition) is 3. The fourth-order valence-corrected chi connectivity index (χ4v) is 3.02. The van der Waals surface area contributed by atoms with E-state index in [1.807, 2.05) is 49.5 Å². The predicted octanol–water partition coefficient (Wildman–Crippen LogP) is 0.704. The SMILES string of the molecule is CNC(=O)c1ccc(C[NH+](C)CC(=O)NCCCN(C)c2ccccc2)cc1. The zero-order chi connectivity index (χ0) is 20.4. The lowest BCUT2D eigenvalue weighted by atomic mass is 10.1. The van der Waals surface area contributed by atoms with E-state index in [9.17, 15) is 9.59 Å². The minimum Gasteiger partial charge on any atom is -0.375 e. The van der Waals surface area contributed by atoms with Crippen LogP contribution in [-0.2, 0) is 11.3 Å². The standard InChI is InChI=1S/C22H30N4O2/c1-23-22(28)19-12-10-18(11-13-19)16-25(2)17-21(27)24-14-7-15-26(3)20-8-5-4-6-9-20/h4-6,8-13H,7,14-17H2,1-3H3,(H,23,28)(H,24,27)/p+1. The van der Waals surface area contributed by atoms with Crippen LogP contribution in [0.2, 0.25) is 0 Å². The third-order valence-corrected chi connectivity index (χ3v) is 4.60. The van der Waals surface area contributed by atoms with E-state index in [2.05, 4.69) is 34.7 Å². The zero-order valence-corrected chi connectivity index (χ0v) is 17.0. The minimum atomic E-state index is -0.0930. The Morgan fingerprint density at radius 3 is 2.36 bits per heavy atom. The molecule has 2 rings (SSSR count). The summed E-state index contributed by atoms with van der Waals surface area (Å²) in [6.07, 6.45) is 0.900. The van der Waals surface area contributed by atoms with Gasteiger partial charge >= 0.3 is 0 Å². The molecule has 0 fully saturated rings. The summed E-state index contributed by atoms with van der Waals surface area (Å²) in [4.78, 5) is 27.0. The molecule has 2 amide bonds. The lowest BCUT2D eigenvalue weighted by Gasteiger charge is -2.19. The molecule has 0 saturated carbocycles. The van der Waals surface area contributed by atoms with Crippen LogP contribution >= 0.6 is 0 Å². The van der Waals surface area contributed by atoms with Crippen molar-refractivity contribution < 1.29 is 14.5 Å². The molecule has 3 N–H and O–H groups in total. The predicted molar refractivity (Wildman–Crippen MR) is 113 cm³/mol. The molecular weight excluding hydrogens is 352 g/mol. The maximum atomic E-state index is 12.1. The van der Waals surface area contributed by atoms with Crippen molar-refractivity contribution in [1.29, 1.82) is 0 Å². The highest BCUT2D eigenvalue weighted by molar-refractivity contribution is 5.93. The first kappa shape index (κ1) is 21.4. The smallest absolute Gasteiger partial charge is 0.275 e. The molecule has 0 radical (unpaired) electrons. The van der Waals surface area contributed by atoms with Gasteiger partial charge in [0.1, 0.15) is 6.54 Å². The van der Waals surface area contributed by atoms with Gasteiger partial charge in [0.25, 0.3) is 11.8 Å². The van der Waals surface area contributed by atoms with Crippen LogP contribution in [0.25, 0.3) is 0 Å². The van der Waals surface area contributed by atoms with Gasteiger partial charge in [-0.2, -0.15) is 0 Å². The number of nitrogens with zero attached hydrogens (tertiary/aromatic N) is 1. The molecule has 0 aliphatic heterocycles. The van der Waals surface area contributed by atoms with Crippen molar-refractivity contribution in [2.75, 3.05) is 45.7 Å². The van der Waals surface area contributed by atoms with Crippen molar-refractivity contribution in [1.82, 2.24) is 10.6 Å². The van der Waals surface area contributed by atoms with Gasteiger partial charge in [0.15, 0.2) is 6.54 Å². The Balaban J connectivity index is 1.66. The first-order valence-corrected chi connectivity index (χ1v) is 9.65. The van der Waals surface area contributed by atoms with Crippen LogP contribution in [0.15, 0.2) is 54.6 Å². The van der Waals surface area contributed by atoms with Crippen molar-refractivity contribution >= 4 is 17.5 Å². The molecular formula is C22H31N4O2+. The molecule has 0 aromatic heterocycles. The molecule has 0 heterocycles. The van der Waals surface area contributed by atoms with Crippen LogP contribution in [0.1, 0.15) is 22.3 Å². The van der Waals surface area contributed by atoms with E-state index >= 15 is 0 Å². The van der Waals surface area contributed by atoms with Gasteiger partial charge in [-0.3, -0.25) is 9.59 Å². The molecule has 6 nitrogen and oxygen atoms in total. The van der Waals surface area contributed by atoms with Gasteiger partial charge in [-0.15, -0.1) is 0 Å². The highest BCUT2D eigenvalue weighted by atomic mass is 16.2. The summed E-state index contributed by atoms with van der Waals surface area (Å²) in [5, 5.41) is 5.61. The van der Waals surface area contributed by atoms with E-state index < -0.39 is 0 Å². The summed E-state index contributed by atoms with van der Waals surface area (Å²) in [5.74, 6) is -0.0358. The lowest BCUT2D eigenvalue weighted by molar-refractivity contribution is -0.885. The Kier molecular flexibility index (Phi) is 8.49. The molecule has 0 aliphatic carbocycles. The van der Waals surface area contributed by atoms with Gasteiger partial charge < -0.3 is 20.4 Å². The van der Waals surface area contributed by atoms with Crippen molar-refractivity contribution in [3.8, 4) is 0 Å². The lowest BCUT2D eigenvalue weighted by Crippen LogP contribution is -3.08. The zero-order valence-electron chi connectivity index (χ0n) is 17.0. The Hall–Kier alpha value is -2.86. The summed E-state index contributed by atoms with van der Waals surface area (Å²) in [6.45, 7) is 2.72. The van der Waals surface area contributed by atoms with E-state index in [1.54, 1.807) is 7.05 Å². The van der Waals surface area contributed by atoms with Crippen LogP contribution in [0.4, 0.5) is 5.69 Å². The van der Waals surface area contributed by atoms with Crippen molar-refractivity contribution in [2.45, 2.75) is 13.0 Å². The number of carbonyl (C=O) groups is 2. The average Bonchev–Trinajstić information content (AvgIpc) is 2.71. The number of nitrogens with one attached hydrogen (secondary N) is 3. The molecule has 0 bridgehead atoms. The number of likely N-dealkylation sites (N-methyl/N-ethyl adjacent to an activating group) is 1. The summed E-state index contributed by atoms with van der Waals surface area (Å²) < 4.78 is 0. The highest BCUT2D eigenvalue weighted by Gasteiger charge is 2.11. The number of para-hydroxylation sites is 1. The number of rotatable bonds is 10. The van der Waals surface area contributed by atoms with Crippen LogP contribution in [0.3, 0.4) is 0 Å². The topological polar surface area (TPSA) is 65.9 Å². The third-order valence-electron chi connectivity index (χ3n) is 4.60. The van der Waals surface area contributed by atoms with Gasteiger partial charge in [0, 0.05) is 44.0 Å². The normalized spacial score (nSPS) is 11.5. The van der Waals surface area contributed by atoms with Crippen LogP contribution < -0.4 is 20.4 Å². The Morgan fingerprint density at radius 2 is 1.71 bits per heavy atom. The average molecular weight is 384 g/mol. The molecule has 0 saturated heterocycles. The molecule has 0 spiro atoms. The quantitative estimate of drug-likeness (QED) is 0.529. The number of carbonyl (C=O) groups excluding carboxylic acids is 2. The fraction of sp³-hybridized carbons (Fsp3) is 0.364. The summed E-state index contributed by atoms with van der Waals surface area (Å²) in [7, 11) is 5.67. The second kappa shape index (κ2) is 11.1. The van der Waals surface area contributed by atoms with Gasteiger partial charge in [-0.05, 0) is 30.7 Å². The number of amides is 2. The van der Waals surface area contributed by atoms with Crippen LogP contribution in [-0.4, -0.2) is 52.6 Å². The first-order valence-electron chi connectivity index (χ1n) is 9.65. The van der Waals surface area contributed by atoms with E-state index in [-0.39, 0.29) is 11.8 Å². The van der Waals surface area contributed by atoms with E-state index in [4.69, 9.17) is 0 Å². The maximum Gasteiger partial charge on any atom is 0.275 e. The van der Waals surface area contributed by atoms with Crippen molar-refractivity contribution in [3.05, 3.63) is 65.7 Å². The summed E-state index contributed by atoms with van der Waals surface area (Å²) in [5.41, 5.74) is 2.92. The summed E-state index contributed by atoms with van der Waals surface area (Å²) >= 11 is 0. The molecule has 150 valence electrons. The second-order valence-electron chi connectivity index (χ2n) is 7.05. The van der Waals surface area contributed by atoms with Crippen LogP contribution in [0, 0.1) is 0 Å². The molecule has 0 aliphatic rings. The van der Waals surface area contributed by atoms with Gasteiger partial charge in [-0.25, -0.2) is 0 Å². The molecule has 28 heavy (non-hydrogen) atoms. The minimum absolute atomic E-state index is 0.0573. The van der Waals surface area contributed by atoms with Gasteiger partial charge in [0.05, 0.1) is 7.05 Å². The molecule has 6 heteroatoms. The van der Waals surface area contributed by atoms with E-state index in [0.29, 0.717) is 18.7 Å². The van der Waals surface area contributed by atoms with Gasteiger partial charge in [-0.1, -0.05) is 30.3 Å². The van der Waals surface area contributed by atoms with Crippen molar-refractivity contribution in [3.63, 3.8) is 0 Å². The number of quaternary nitrogens is 1. The monoisotopic (exact) mass is 383 g/mol. The molecule has 1 atom stereocenters. The van der Waals surface area contributed by atoms with Crippen molar-refractivity contribution in [2.24, 2.45) is 0 Å². The first-order chi connectivity index (χ1) is 13.5. The summed E-state index contributed by atoms with van der Waals surface area (Å²) in [6, 6.07) is 17.7. The highest BCUT2D eigenvalue weighted by Crippen LogP contribution is 2.10. The Morgan fingerprint density at radius 1 is 1.04 bits per heavy atom. The molecule has 1 unspecified atom stereocenters. The Labute approximate surface area is 167 Å². The second-order valence-corrected chi connectivity index (χ2v) is 7.05. The maximum absolute atomic E-state index is 12.1. The molecule has 2 aromatic rings. The van der Waals surface area contributed by atoms with Crippen LogP contribution in [0.5, 0.6) is 0 Å². The van der Waals surface area contributed by atoms with E-state index in [0.717, 1.165) is 30.0 Å². The largest absolute Gasteiger partial charge is 0.375 e. The number of hydrogen-bond donors (Lipinski definition) is 3. The van der Waals surface area contributed by atoms with E-state index in [1.165, 1.54) is 5.69 Å². The molecule has 2 aromatic carbocycles.